The number of nitrogens with zero attached hydrogens (tertiary/aromatic N) is 1. The number of piperidine rings is 1. The van der Waals surface area contributed by atoms with Crippen molar-refractivity contribution in [3.05, 3.63) is 75.6 Å². The van der Waals surface area contributed by atoms with Crippen molar-refractivity contribution in [3.8, 4) is 0 Å². The molecule has 36 heavy (non-hydrogen) atoms. The fourth-order valence-electron chi connectivity index (χ4n) is 4.80. The van der Waals surface area contributed by atoms with E-state index in [0.717, 1.165) is 29.1 Å². The molecule has 1 saturated carbocycles. The first kappa shape index (κ1) is 26.7. The number of pyridine rings is 1. The number of amides is 1. The van der Waals surface area contributed by atoms with Gasteiger partial charge in [0.25, 0.3) is 0 Å². The number of ketones is 1. The second-order valence-electron chi connectivity index (χ2n) is 8.87. The molecule has 0 bridgehead atoms. The number of thiophene rings is 1. The van der Waals surface area contributed by atoms with E-state index in [1.165, 1.54) is 42.4 Å². The highest BCUT2D eigenvalue weighted by Crippen LogP contribution is 2.41. The molecule has 190 valence electrons. The number of halogens is 1. The minimum Gasteiger partial charge on any atom is -0.367 e. The highest BCUT2D eigenvalue weighted by molar-refractivity contribution is 8.01. The number of rotatable bonds is 6. The molecule has 1 aromatic carbocycles. The van der Waals surface area contributed by atoms with Gasteiger partial charge in [-0.25, -0.2) is 4.98 Å². The van der Waals surface area contributed by atoms with E-state index in [1.54, 1.807) is 6.07 Å². The third-order valence-corrected chi connectivity index (χ3v) is 8.99. The second-order valence-corrected chi connectivity index (χ2v) is 11.2. The first-order valence-corrected chi connectivity index (χ1v) is 14.8. The first-order valence-electron chi connectivity index (χ1n) is 12.6. The predicted molar refractivity (Wildman–Crippen MR) is 150 cm³/mol. The topological polar surface area (TPSA) is 71.1 Å². The van der Waals surface area contributed by atoms with Gasteiger partial charge in [-0.05, 0) is 59.5 Å². The summed E-state index contributed by atoms with van der Waals surface area (Å²) in [6.45, 7) is 4.00. The molecule has 2 fully saturated rings. The molecular weight excluding hydrogens is 510 g/mol. The molecule has 3 aromatic rings. The molecule has 0 radical (unpaired) electrons. The summed E-state index contributed by atoms with van der Waals surface area (Å²) in [6.07, 6.45) is 6.15. The standard InChI is InChI=1S/C26H26ClN3O2S2.C2H6/c27-19-9-4-5-10-21(19)34-24-20(31)15-26(30-25(24)32,17-13-14-33-16-17)22-11-6-12-23(29-22)28-18-7-2-1-3-8-18;1-2/h4-6,9-14,16,18,24H,1-3,7-8,15H2,(H,28,29)(H,30,32);1-2H3. The number of aromatic nitrogens is 1. The fourth-order valence-corrected chi connectivity index (χ4v) is 6.77. The number of carbonyl (C=O) groups excluding carboxylic acids is 2. The maximum Gasteiger partial charge on any atom is 0.242 e. The van der Waals surface area contributed by atoms with Gasteiger partial charge in [-0.15, -0.1) is 11.8 Å². The minimum atomic E-state index is -0.990. The van der Waals surface area contributed by atoms with Crippen molar-refractivity contribution in [3.63, 3.8) is 0 Å². The fraction of sp³-hybridized carbons (Fsp3) is 0.393. The number of Topliss-reactive ketones (excluding diaryl/α,β-unsaturated/α-hetero) is 1. The molecule has 2 aliphatic rings. The third-order valence-electron chi connectivity index (χ3n) is 6.55. The maximum atomic E-state index is 13.4. The van der Waals surface area contributed by atoms with Crippen LogP contribution in [0.1, 0.15) is 63.6 Å². The van der Waals surface area contributed by atoms with Crippen LogP contribution >= 0.6 is 34.7 Å². The van der Waals surface area contributed by atoms with Crippen molar-refractivity contribution in [2.24, 2.45) is 0 Å². The van der Waals surface area contributed by atoms with Gasteiger partial charge in [0.15, 0.2) is 5.78 Å². The molecule has 1 aliphatic heterocycles. The molecule has 1 saturated heterocycles. The summed E-state index contributed by atoms with van der Waals surface area (Å²) in [5.41, 5.74) is 0.563. The van der Waals surface area contributed by atoms with Gasteiger partial charge in [0, 0.05) is 17.4 Å². The Morgan fingerprint density at radius 3 is 2.53 bits per heavy atom. The lowest BCUT2D eigenvalue weighted by Gasteiger charge is -2.39. The van der Waals surface area contributed by atoms with Crippen LogP contribution in [0.4, 0.5) is 5.82 Å². The Hall–Kier alpha value is -2.35. The zero-order chi connectivity index (χ0) is 25.5. The number of hydrogen-bond acceptors (Lipinski definition) is 6. The smallest absolute Gasteiger partial charge is 0.242 e. The van der Waals surface area contributed by atoms with Crippen LogP contribution in [-0.2, 0) is 15.1 Å². The molecule has 2 atom stereocenters. The number of nitrogens with one attached hydrogen (secondary N) is 2. The Labute approximate surface area is 226 Å². The number of hydrogen-bond donors (Lipinski definition) is 2. The summed E-state index contributed by atoms with van der Waals surface area (Å²) in [5.74, 6) is 0.334. The average Bonchev–Trinajstić information content (AvgIpc) is 3.45. The number of anilines is 1. The van der Waals surface area contributed by atoms with Gasteiger partial charge in [0.05, 0.1) is 10.7 Å². The Bertz CT molecular complexity index is 1160. The van der Waals surface area contributed by atoms with Gasteiger partial charge < -0.3 is 10.6 Å². The van der Waals surface area contributed by atoms with Crippen LogP contribution in [0.5, 0.6) is 0 Å². The monoisotopic (exact) mass is 541 g/mol. The Balaban J connectivity index is 0.00000148. The average molecular weight is 542 g/mol. The Kier molecular flexibility index (Phi) is 9.09. The van der Waals surface area contributed by atoms with Crippen molar-refractivity contribution >= 4 is 52.2 Å². The van der Waals surface area contributed by atoms with Crippen molar-refractivity contribution in [2.75, 3.05) is 5.32 Å². The zero-order valence-electron chi connectivity index (χ0n) is 20.6. The zero-order valence-corrected chi connectivity index (χ0v) is 23.0. The SMILES string of the molecule is CC.O=C1CC(c2ccsc2)(c2cccc(NC3CCCCC3)n2)NC(=O)C1Sc1ccccc1Cl. The van der Waals surface area contributed by atoms with Gasteiger partial charge in [-0.3, -0.25) is 9.59 Å². The van der Waals surface area contributed by atoms with Gasteiger partial charge >= 0.3 is 0 Å². The second kappa shape index (κ2) is 12.3. The van der Waals surface area contributed by atoms with E-state index in [0.29, 0.717) is 16.8 Å². The van der Waals surface area contributed by atoms with Crippen molar-refractivity contribution in [2.45, 2.75) is 74.1 Å². The summed E-state index contributed by atoms with van der Waals surface area (Å²) in [5, 5.41) is 10.4. The number of thioether (sulfide) groups is 1. The minimum absolute atomic E-state index is 0.132. The lowest BCUT2D eigenvalue weighted by Crippen LogP contribution is -2.58. The Morgan fingerprint density at radius 2 is 1.83 bits per heavy atom. The summed E-state index contributed by atoms with van der Waals surface area (Å²) < 4.78 is 0. The van der Waals surface area contributed by atoms with E-state index in [1.807, 2.05) is 67.1 Å². The molecule has 2 unspecified atom stereocenters. The van der Waals surface area contributed by atoms with Gasteiger partial charge in [-0.1, -0.05) is 62.9 Å². The van der Waals surface area contributed by atoms with Gasteiger partial charge in [-0.2, -0.15) is 11.3 Å². The third kappa shape index (κ3) is 5.79. The van der Waals surface area contributed by atoms with Crippen LogP contribution in [0, 0.1) is 0 Å². The summed E-state index contributed by atoms with van der Waals surface area (Å²) in [7, 11) is 0. The van der Waals surface area contributed by atoms with Crippen LogP contribution in [0.15, 0.2) is 64.2 Å². The molecule has 0 spiro atoms. The van der Waals surface area contributed by atoms with E-state index in [4.69, 9.17) is 16.6 Å². The molecule has 5 nitrogen and oxygen atoms in total. The van der Waals surface area contributed by atoms with Crippen molar-refractivity contribution in [1.29, 1.82) is 0 Å². The van der Waals surface area contributed by atoms with Crippen LogP contribution in [0.2, 0.25) is 5.02 Å². The molecule has 3 heterocycles. The quantitative estimate of drug-likeness (QED) is 0.327. The first-order chi connectivity index (χ1) is 17.5. The Morgan fingerprint density at radius 1 is 1.06 bits per heavy atom. The lowest BCUT2D eigenvalue weighted by atomic mass is 9.79. The highest BCUT2D eigenvalue weighted by Gasteiger charge is 2.48. The summed E-state index contributed by atoms with van der Waals surface area (Å²) >= 11 is 9.03. The van der Waals surface area contributed by atoms with E-state index >= 15 is 0 Å². The number of carbonyl (C=O) groups is 2. The van der Waals surface area contributed by atoms with E-state index in [-0.39, 0.29) is 18.1 Å². The van der Waals surface area contributed by atoms with Crippen molar-refractivity contribution < 1.29 is 9.59 Å². The largest absolute Gasteiger partial charge is 0.367 e. The van der Waals surface area contributed by atoms with Crippen LogP contribution in [0.3, 0.4) is 0 Å². The van der Waals surface area contributed by atoms with Crippen LogP contribution in [-0.4, -0.2) is 28.0 Å². The molecule has 8 heteroatoms. The van der Waals surface area contributed by atoms with E-state index in [2.05, 4.69) is 10.6 Å². The molecule has 5 rings (SSSR count). The molecule has 2 N–H and O–H groups in total. The van der Waals surface area contributed by atoms with Gasteiger partial charge in [0.1, 0.15) is 16.6 Å². The maximum absolute atomic E-state index is 13.4. The lowest BCUT2D eigenvalue weighted by molar-refractivity contribution is -0.133. The number of benzene rings is 1. The van der Waals surface area contributed by atoms with Crippen molar-refractivity contribution in [1.82, 2.24) is 10.3 Å². The summed E-state index contributed by atoms with van der Waals surface area (Å²) in [6, 6.07) is 15.5. The van der Waals surface area contributed by atoms with Gasteiger partial charge in [0.2, 0.25) is 5.91 Å². The molecular formula is C28H32ClN3O2S2. The molecule has 1 aliphatic carbocycles. The predicted octanol–water partition coefficient (Wildman–Crippen LogP) is 7.06. The van der Waals surface area contributed by atoms with Crippen LogP contribution < -0.4 is 10.6 Å². The molecule has 2 aromatic heterocycles. The summed E-state index contributed by atoms with van der Waals surface area (Å²) in [4.78, 5) is 32.4. The van der Waals surface area contributed by atoms with Crippen LogP contribution in [0.25, 0.3) is 0 Å². The highest BCUT2D eigenvalue weighted by atomic mass is 35.5. The normalized spacial score (nSPS) is 22.4. The van der Waals surface area contributed by atoms with E-state index in [9.17, 15) is 9.59 Å². The van der Waals surface area contributed by atoms with E-state index < -0.39 is 10.8 Å². The molecule has 1 amide bonds.